The topological polar surface area (TPSA) is 96.2 Å². The normalized spacial score (nSPS) is 20.3. The Morgan fingerprint density at radius 2 is 1.89 bits per heavy atom. The van der Waals surface area contributed by atoms with E-state index in [1.807, 2.05) is 45.0 Å². The van der Waals surface area contributed by atoms with E-state index in [4.69, 9.17) is 5.73 Å². The monoisotopic (exact) mass is 374 g/mol. The minimum atomic E-state index is -0.540. The molecule has 0 aromatic heterocycles. The number of nitrogens with one attached hydrogen (secondary N) is 3. The highest BCUT2D eigenvalue weighted by atomic mass is 16.2. The van der Waals surface area contributed by atoms with Crippen molar-refractivity contribution in [3.05, 3.63) is 35.4 Å². The fraction of sp³-hybridized carbons (Fsp3) is 0.619. The molecule has 6 heteroatoms. The molecule has 3 unspecified atom stereocenters. The van der Waals surface area contributed by atoms with E-state index in [2.05, 4.69) is 16.0 Å². The molecule has 0 radical (unpaired) electrons. The Kier molecular flexibility index (Phi) is 8.10. The van der Waals surface area contributed by atoms with Gasteiger partial charge in [0, 0.05) is 12.6 Å². The molecule has 1 aliphatic carbocycles. The van der Waals surface area contributed by atoms with Gasteiger partial charge in [-0.25, -0.2) is 4.79 Å². The molecule has 1 saturated carbocycles. The van der Waals surface area contributed by atoms with Crippen molar-refractivity contribution in [2.24, 2.45) is 17.6 Å². The summed E-state index contributed by atoms with van der Waals surface area (Å²) in [7, 11) is 0. The lowest BCUT2D eigenvalue weighted by atomic mass is 10.0. The van der Waals surface area contributed by atoms with Crippen LogP contribution in [0.3, 0.4) is 0 Å². The van der Waals surface area contributed by atoms with Gasteiger partial charge in [-0.1, -0.05) is 50.1 Å². The number of amides is 3. The molecule has 0 saturated heterocycles. The summed E-state index contributed by atoms with van der Waals surface area (Å²) in [5.41, 5.74) is 8.02. The van der Waals surface area contributed by atoms with Crippen LogP contribution in [0.4, 0.5) is 4.79 Å². The molecule has 6 nitrogen and oxygen atoms in total. The Hall–Kier alpha value is -2.08. The summed E-state index contributed by atoms with van der Waals surface area (Å²) < 4.78 is 0. The van der Waals surface area contributed by atoms with Gasteiger partial charge in [0.15, 0.2) is 0 Å². The van der Waals surface area contributed by atoms with E-state index in [9.17, 15) is 9.59 Å². The van der Waals surface area contributed by atoms with Crippen LogP contribution >= 0.6 is 0 Å². The first kappa shape index (κ1) is 21.2. The first-order valence-electron chi connectivity index (χ1n) is 9.99. The minimum Gasteiger partial charge on any atom is -0.351 e. The number of hydrogen-bond acceptors (Lipinski definition) is 3. The molecule has 0 aliphatic heterocycles. The van der Waals surface area contributed by atoms with E-state index in [1.54, 1.807) is 0 Å². The average Bonchev–Trinajstić information content (AvgIpc) is 3.07. The van der Waals surface area contributed by atoms with Gasteiger partial charge >= 0.3 is 6.03 Å². The molecule has 150 valence electrons. The summed E-state index contributed by atoms with van der Waals surface area (Å²) in [5.74, 6) is 0.524. The Morgan fingerprint density at radius 1 is 1.19 bits per heavy atom. The number of carbonyl (C=O) groups excluding carboxylic acids is 2. The number of benzene rings is 1. The van der Waals surface area contributed by atoms with E-state index in [-0.39, 0.29) is 18.0 Å². The second kappa shape index (κ2) is 10.3. The fourth-order valence-corrected chi connectivity index (χ4v) is 3.59. The van der Waals surface area contributed by atoms with Crippen LogP contribution in [0.2, 0.25) is 0 Å². The van der Waals surface area contributed by atoms with E-state index in [1.165, 1.54) is 5.56 Å². The fourth-order valence-electron chi connectivity index (χ4n) is 3.59. The first-order valence-corrected chi connectivity index (χ1v) is 9.99. The van der Waals surface area contributed by atoms with Gasteiger partial charge < -0.3 is 21.7 Å². The van der Waals surface area contributed by atoms with Crippen molar-refractivity contribution in [3.63, 3.8) is 0 Å². The molecular weight excluding hydrogens is 340 g/mol. The summed E-state index contributed by atoms with van der Waals surface area (Å²) >= 11 is 0. The lowest BCUT2D eigenvalue weighted by Gasteiger charge is -2.25. The van der Waals surface area contributed by atoms with Crippen molar-refractivity contribution in [2.45, 2.75) is 65.1 Å². The van der Waals surface area contributed by atoms with Crippen molar-refractivity contribution in [1.82, 2.24) is 16.0 Å². The van der Waals surface area contributed by atoms with E-state index < -0.39 is 6.04 Å². The van der Waals surface area contributed by atoms with Crippen LogP contribution in [0.25, 0.3) is 0 Å². The standard InChI is InChI=1S/C21H34N4O2/c1-14(2)11-19(20(26)24-18-6-4-5-17(18)12-22)25-21(27)23-13-16-9-7-15(3)8-10-16/h7-10,14,17-19H,4-6,11-13,22H2,1-3H3,(H,24,26)(H2,23,25,27). The van der Waals surface area contributed by atoms with Crippen molar-refractivity contribution in [1.29, 1.82) is 0 Å². The molecule has 3 amide bonds. The summed E-state index contributed by atoms with van der Waals surface area (Å²) in [6, 6.07) is 7.26. The zero-order valence-electron chi connectivity index (χ0n) is 16.8. The molecule has 0 spiro atoms. The lowest BCUT2D eigenvalue weighted by Crippen LogP contribution is -2.53. The molecule has 0 heterocycles. The average molecular weight is 375 g/mol. The third kappa shape index (κ3) is 6.86. The minimum absolute atomic E-state index is 0.112. The number of nitrogens with two attached hydrogens (primary N) is 1. The molecule has 1 aromatic rings. The Balaban J connectivity index is 1.89. The first-order chi connectivity index (χ1) is 12.9. The van der Waals surface area contributed by atoms with Crippen LogP contribution in [0.5, 0.6) is 0 Å². The summed E-state index contributed by atoms with van der Waals surface area (Å²) in [6.45, 7) is 7.14. The lowest BCUT2D eigenvalue weighted by molar-refractivity contribution is -0.124. The third-order valence-electron chi connectivity index (χ3n) is 5.19. The van der Waals surface area contributed by atoms with Gasteiger partial charge in [-0.05, 0) is 50.1 Å². The Morgan fingerprint density at radius 3 is 2.52 bits per heavy atom. The van der Waals surface area contributed by atoms with Crippen LogP contribution in [0, 0.1) is 18.8 Å². The van der Waals surface area contributed by atoms with Gasteiger partial charge in [0.25, 0.3) is 0 Å². The number of carbonyl (C=O) groups is 2. The third-order valence-corrected chi connectivity index (χ3v) is 5.19. The maximum atomic E-state index is 12.7. The van der Waals surface area contributed by atoms with Crippen molar-refractivity contribution < 1.29 is 9.59 Å². The highest BCUT2D eigenvalue weighted by Gasteiger charge is 2.30. The highest BCUT2D eigenvalue weighted by molar-refractivity contribution is 5.87. The van der Waals surface area contributed by atoms with Gasteiger partial charge in [0.05, 0.1) is 0 Å². The molecule has 1 fully saturated rings. The molecule has 3 atom stereocenters. The predicted octanol–water partition coefficient (Wildman–Crippen LogP) is 2.45. The van der Waals surface area contributed by atoms with Crippen LogP contribution in [-0.2, 0) is 11.3 Å². The predicted molar refractivity (Wildman–Crippen MR) is 108 cm³/mol. The van der Waals surface area contributed by atoms with Crippen LogP contribution in [0.15, 0.2) is 24.3 Å². The molecule has 1 aromatic carbocycles. The number of urea groups is 1. The molecule has 0 bridgehead atoms. The Labute approximate surface area is 162 Å². The maximum absolute atomic E-state index is 12.7. The van der Waals surface area contributed by atoms with Crippen LogP contribution in [0.1, 0.15) is 50.7 Å². The SMILES string of the molecule is Cc1ccc(CNC(=O)NC(CC(C)C)C(=O)NC2CCCC2CN)cc1. The Bertz CT molecular complexity index is 615. The second-order valence-corrected chi connectivity index (χ2v) is 8.04. The van der Waals surface area contributed by atoms with Gasteiger partial charge in [-0.3, -0.25) is 4.79 Å². The van der Waals surface area contributed by atoms with Crippen molar-refractivity contribution >= 4 is 11.9 Å². The number of aryl methyl sites for hydroxylation is 1. The van der Waals surface area contributed by atoms with E-state index in [0.29, 0.717) is 31.3 Å². The molecule has 2 rings (SSSR count). The highest BCUT2D eigenvalue weighted by Crippen LogP contribution is 2.24. The quantitative estimate of drug-likeness (QED) is 0.563. The van der Waals surface area contributed by atoms with Crippen LogP contribution < -0.4 is 21.7 Å². The van der Waals surface area contributed by atoms with Crippen LogP contribution in [-0.4, -0.2) is 30.6 Å². The largest absolute Gasteiger partial charge is 0.351 e. The van der Waals surface area contributed by atoms with Gasteiger partial charge in [-0.2, -0.15) is 0 Å². The second-order valence-electron chi connectivity index (χ2n) is 8.04. The van der Waals surface area contributed by atoms with Crippen molar-refractivity contribution in [2.75, 3.05) is 6.54 Å². The molecule has 27 heavy (non-hydrogen) atoms. The molecule has 1 aliphatic rings. The van der Waals surface area contributed by atoms with E-state index in [0.717, 1.165) is 24.8 Å². The number of rotatable bonds is 8. The van der Waals surface area contributed by atoms with Crippen molar-refractivity contribution in [3.8, 4) is 0 Å². The summed E-state index contributed by atoms with van der Waals surface area (Å²) in [4.78, 5) is 25.1. The van der Waals surface area contributed by atoms with E-state index >= 15 is 0 Å². The van der Waals surface area contributed by atoms with Gasteiger partial charge in [0.2, 0.25) is 5.91 Å². The number of hydrogen-bond donors (Lipinski definition) is 4. The summed E-state index contributed by atoms with van der Waals surface area (Å²) in [5, 5.41) is 8.79. The maximum Gasteiger partial charge on any atom is 0.315 e. The summed E-state index contributed by atoms with van der Waals surface area (Å²) in [6.07, 6.45) is 3.71. The zero-order chi connectivity index (χ0) is 19.8. The van der Waals surface area contributed by atoms with Gasteiger partial charge in [-0.15, -0.1) is 0 Å². The molecule has 5 N–H and O–H groups in total. The molecular formula is C21H34N4O2. The smallest absolute Gasteiger partial charge is 0.315 e. The van der Waals surface area contributed by atoms with Gasteiger partial charge in [0.1, 0.15) is 6.04 Å². The zero-order valence-corrected chi connectivity index (χ0v) is 16.8.